The van der Waals surface area contributed by atoms with E-state index in [1.165, 1.54) is 0 Å². The van der Waals surface area contributed by atoms with Gasteiger partial charge in [-0.1, -0.05) is 20.8 Å². The molecule has 27 heavy (non-hydrogen) atoms. The van der Waals surface area contributed by atoms with Crippen molar-refractivity contribution in [2.45, 2.75) is 45.7 Å². The van der Waals surface area contributed by atoms with Gasteiger partial charge in [0.15, 0.2) is 0 Å². The molecule has 0 fully saturated rings. The van der Waals surface area contributed by atoms with Gasteiger partial charge in [-0.25, -0.2) is 0 Å². The highest BCUT2D eigenvalue weighted by molar-refractivity contribution is 8.00. The minimum atomic E-state index is -1.24. The molecule has 154 valence electrons. The Kier molecular flexibility index (Phi) is 10.6. The van der Waals surface area contributed by atoms with E-state index >= 15 is 0 Å². The third-order valence-corrected chi connectivity index (χ3v) is 4.45. The lowest BCUT2D eigenvalue weighted by molar-refractivity contribution is -0.139. The molecule has 0 bridgehead atoms. The van der Waals surface area contributed by atoms with Crippen molar-refractivity contribution in [2.75, 3.05) is 18.1 Å². The van der Waals surface area contributed by atoms with Gasteiger partial charge >= 0.3 is 11.9 Å². The van der Waals surface area contributed by atoms with Crippen LogP contribution in [0.15, 0.2) is 0 Å². The zero-order valence-corrected chi connectivity index (χ0v) is 16.4. The number of aliphatic carboxylic acids is 2. The van der Waals surface area contributed by atoms with E-state index in [9.17, 15) is 24.0 Å². The Bertz CT molecular complexity index is 575. The van der Waals surface area contributed by atoms with Crippen LogP contribution in [-0.4, -0.2) is 69.9 Å². The summed E-state index contributed by atoms with van der Waals surface area (Å²) < 4.78 is 0. The summed E-state index contributed by atoms with van der Waals surface area (Å²) in [6.07, 6.45) is -0.317. The van der Waals surface area contributed by atoms with Gasteiger partial charge < -0.3 is 26.6 Å². The molecule has 2 unspecified atom stereocenters. The number of carboxylic acid groups (broad SMARTS) is 2. The molecule has 0 rings (SSSR count). The van der Waals surface area contributed by atoms with E-state index < -0.39 is 47.8 Å². The number of carbonyl (C=O) groups is 5. The molecule has 0 radical (unpaired) electrons. The highest BCUT2D eigenvalue weighted by atomic mass is 32.2. The van der Waals surface area contributed by atoms with Crippen molar-refractivity contribution in [3.8, 4) is 0 Å². The fourth-order valence-corrected chi connectivity index (χ4v) is 2.84. The first-order chi connectivity index (χ1) is 12.3. The number of nitrogens with one attached hydrogen (secondary N) is 2. The van der Waals surface area contributed by atoms with Gasteiger partial charge in [0.1, 0.15) is 24.4 Å². The highest BCUT2D eigenvalue weighted by Crippen LogP contribution is 2.18. The van der Waals surface area contributed by atoms with Gasteiger partial charge in [0.2, 0.25) is 11.8 Å². The lowest BCUT2D eigenvalue weighted by Gasteiger charge is -2.20. The van der Waals surface area contributed by atoms with Crippen LogP contribution in [0.1, 0.15) is 33.6 Å². The maximum atomic E-state index is 12.1. The monoisotopic (exact) mass is 405 g/mol. The largest absolute Gasteiger partial charge is 0.480 e. The molecule has 0 heterocycles. The minimum absolute atomic E-state index is 0.0315. The lowest BCUT2D eigenvalue weighted by Crippen LogP contribution is -2.49. The second kappa shape index (κ2) is 11.5. The van der Waals surface area contributed by atoms with E-state index in [0.717, 1.165) is 11.8 Å². The number of amides is 2. The second-order valence-corrected chi connectivity index (χ2v) is 7.93. The van der Waals surface area contributed by atoms with Gasteiger partial charge in [-0.2, -0.15) is 11.8 Å². The fraction of sp³-hybridized carbons (Fsp3) is 0.688. The number of nitrogens with two attached hydrogens (primary N) is 1. The molecule has 0 aliphatic heterocycles. The molecule has 0 spiro atoms. The first-order valence-electron chi connectivity index (χ1n) is 8.23. The molecular formula is C16H27N3O7S. The Morgan fingerprint density at radius 2 is 1.70 bits per heavy atom. The van der Waals surface area contributed by atoms with Gasteiger partial charge in [-0.15, -0.1) is 0 Å². The zero-order chi connectivity index (χ0) is 21.2. The van der Waals surface area contributed by atoms with Gasteiger partial charge in [-0.05, 0) is 6.42 Å². The van der Waals surface area contributed by atoms with Crippen molar-refractivity contribution < 1.29 is 34.2 Å². The van der Waals surface area contributed by atoms with Gasteiger partial charge in [0, 0.05) is 17.6 Å². The standard InChI is InChI=1S/C16H27N3O7S/c1-16(2,3)11(20)8-27-7-10(14(24)18-6-13(22)23)19-12(21)5-4-9(17)15(25)26/h9-10H,4-8,17H2,1-3H3,(H,18,24)(H,19,21)(H,22,23)(H,25,26). The van der Waals surface area contributed by atoms with E-state index in [2.05, 4.69) is 10.6 Å². The number of carbonyl (C=O) groups excluding carboxylic acids is 3. The van der Waals surface area contributed by atoms with Crippen molar-refractivity contribution >= 4 is 41.3 Å². The van der Waals surface area contributed by atoms with Crippen molar-refractivity contribution in [1.29, 1.82) is 0 Å². The predicted octanol–water partition coefficient (Wildman–Crippen LogP) is -0.787. The Morgan fingerprint density at radius 1 is 1.11 bits per heavy atom. The van der Waals surface area contributed by atoms with Crippen LogP contribution in [0, 0.1) is 5.41 Å². The number of thioether (sulfide) groups is 1. The summed E-state index contributed by atoms with van der Waals surface area (Å²) in [7, 11) is 0. The van der Waals surface area contributed by atoms with E-state index in [-0.39, 0.29) is 30.1 Å². The molecule has 6 N–H and O–H groups in total. The average Bonchev–Trinajstić information content (AvgIpc) is 2.55. The van der Waals surface area contributed by atoms with E-state index in [4.69, 9.17) is 15.9 Å². The fourth-order valence-electron chi connectivity index (χ4n) is 1.63. The maximum absolute atomic E-state index is 12.1. The Balaban J connectivity index is 4.75. The van der Waals surface area contributed by atoms with E-state index in [1.807, 2.05) is 0 Å². The minimum Gasteiger partial charge on any atom is -0.480 e. The Labute approximate surface area is 161 Å². The van der Waals surface area contributed by atoms with E-state index in [0.29, 0.717) is 0 Å². The molecule has 0 aromatic heterocycles. The molecule has 11 heteroatoms. The Hall–Kier alpha value is -2.14. The number of hydrogen-bond acceptors (Lipinski definition) is 7. The molecular weight excluding hydrogens is 378 g/mol. The van der Waals surface area contributed by atoms with Crippen LogP contribution in [0.5, 0.6) is 0 Å². The third-order valence-electron chi connectivity index (χ3n) is 3.42. The molecule has 0 aliphatic carbocycles. The Morgan fingerprint density at radius 3 is 2.19 bits per heavy atom. The predicted molar refractivity (Wildman–Crippen MR) is 99.2 cm³/mol. The van der Waals surface area contributed by atoms with Crippen LogP contribution in [0.4, 0.5) is 0 Å². The summed E-state index contributed by atoms with van der Waals surface area (Å²) in [4.78, 5) is 57.2. The summed E-state index contributed by atoms with van der Waals surface area (Å²) in [5.74, 6) is -3.62. The van der Waals surface area contributed by atoms with Crippen LogP contribution >= 0.6 is 11.8 Å². The van der Waals surface area contributed by atoms with E-state index in [1.54, 1.807) is 20.8 Å². The van der Waals surface area contributed by atoms with Gasteiger partial charge in [0.05, 0.1) is 5.75 Å². The van der Waals surface area contributed by atoms with Crippen molar-refractivity contribution in [3.63, 3.8) is 0 Å². The van der Waals surface area contributed by atoms with Crippen molar-refractivity contribution in [1.82, 2.24) is 10.6 Å². The zero-order valence-electron chi connectivity index (χ0n) is 15.6. The number of carboxylic acids is 2. The van der Waals surface area contributed by atoms with Gasteiger partial charge in [0.25, 0.3) is 0 Å². The first-order valence-corrected chi connectivity index (χ1v) is 9.38. The van der Waals surface area contributed by atoms with Crippen LogP contribution in [0.25, 0.3) is 0 Å². The van der Waals surface area contributed by atoms with Crippen LogP contribution < -0.4 is 16.4 Å². The quantitative estimate of drug-likeness (QED) is 0.278. The van der Waals surface area contributed by atoms with Crippen molar-refractivity contribution in [2.24, 2.45) is 11.1 Å². The molecule has 0 saturated heterocycles. The van der Waals surface area contributed by atoms with Crippen LogP contribution in [0.3, 0.4) is 0 Å². The summed E-state index contributed by atoms with van der Waals surface area (Å²) in [6.45, 7) is 4.68. The second-order valence-electron chi connectivity index (χ2n) is 6.90. The summed E-state index contributed by atoms with van der Waals surface area (Å²) >= 11 is 1.14. The summed E-state index contributed by atoms with van der Waals surface area (Å²) in [5, 5.41) is 21.9. The number of hydrogen-bond donors (Lipinski definition) is 5. The molecule has 0 aliphatic rings. The first kappa shape index (κ1) is 24.9. The van der Waals surface area contributed by atoms with Gasteiger partial charge in [-0.3, -0.25) is 24.0 Å². The molecule has 0 aromatic carbocycles. The average molecular weight is 405 g/mol. The number of Topliss-reactive ketones (excluding diaryl/α,β-unsaturated/α-hetero) is 1. The molecule has 2 amide bonds. The highest BCUT2D eigenvalue weighted by Gasteiger charge is 2.25. The SMILES string of the molecule is CC(C)(C)C(=O)CSCC(NC(=O)CCC(N)C(=O)O)C(=O)NCC(=O)O. The molecule has 2 atom stereocenters. The smallest absolute Gasteiger partial charge is 0.322 e. The normalized spacial score (nSPS) is 13.3. The molecule has 0 saturated carbocycles. The van der Waals surface area contributed by atoms with Crippen LogP contribution in [-0.2, 0) is 24.0 Å². The summed E-state index contributed by atoms with van der Waals surface area (Å²) in [5.41, 5.74) is 4.79. The van der Waals surface area contributed by atoms with Crippen LogP contribution in [0.2, 0.25) is 0 Å². The molecule has 0 aromatic rings. The maximum Gasteiger partial charge on any atom is 0.322 e. The van der Waals surface area contributed by atoms with Crippen molar-refractivity contribution in [3.05, 3.63) is 0 Å². The molecule has 10 nitrogen and oxygen atoms in total. The topological polar surface area (TPSA) is 176 Å². The third kappa shape index (κ3) is 11.2. The number of rotatable bonds is 12. The summed E-state index contributed by atoms with van der Waals surface area (Å²) in [6, 6.07) is -2.26. The lowest BCUT2D eigenvalue weighted by atomic mass is 9.92. The number of ketones is 1.